The maximum Gasteiger partial charge on any atom is 0.0431 e. The van der Waals surface area contributed by atoms with E-state index in [1.54, 1.807) is 6.20 Å². The van der Waals surface area contributed by atoms with Crippen molar-refractivity contribution in [2.75, 3.05) is 19.7 Å². The van der Waals surface area contributed by atoms with Crippen molar-refractivity contribution in [2.45, 2.75) is 19.3 Å². The SMILES string of the molecule is OCCCCNCCc1cccnc1. The first-order valence-corrected chi connectivity index (χ1v) is 5.14. The lowest BCUT2D eigenvalue weighted by atomic mass is 10.2. The fourth-order valence-electron chi connectivity index (χ4n) is 1.27. The molecule has 0 saturated heterocycles. The molecule has 2 N–H and O–H groups in total. The van der Waals surface area contributed by atoms with Gasteiger partial charge < -0.3 is 10.4 Å². The van der Waals surface area contributed by atoms with E-state index in [0.29, 0.717) is 6.61 Å². The van der Waals surface area contributed by atoms with Crippen molar-refractivity contribution in [1.82, 2.24) is 10.3 Å². The Morgan fingerprint density at radius 1 is 1.29 bits per heavy atom. The van der Waals surface area contributed by atoms with Crippen LogP contribution in [0.15, 0.2) is 24.5 Å². The van der Waals surface area contributed by atoms with Crippen LogP contribution in [-0.2, 0) is 6.42 Å². The van der Waals surface area contributed by atoms with Crippen molar-refractivity contribution in [3.63, 3.8) is 0 Å². The third kappa shape index (κ3) is 4.94. The Morgan fingerprint density at radius 3 is 2.93 bits per heavy atom. The Kier molecular flexibility index (Phi) is 5.95. The summed E-state index contributed by atoms with van der Waals surface area (Å²) in [6.07, 6.45) is 6.64. The minimum Gasteiger partial charge on any atom is -0.396 e. The first-order chi connectivity index (χ1) is 6.93. The Bertz CT molecular complexity index is 226. The van der Waals surface area contributed by atoms with E-state index in [9.17, 15) is 0 Å². The van der Waals surface area contributed by atoms with E-state index in [-0.39, 0.29) is 0 Å². The Hall–Kier alpha value is -0.930. The van der Waals surface area contributed by atoms with Gasteiger partial charge in [0.2, 0.25) is 0 Å². The molecule has 78 valence electrons. The molecule has 0 aliphatic carbocycles. The monoisotopic (exact) mass is 194 g/mol. The number of aliphatic hydroxyl groups excluding tert-OH is 1. The molecular weight excluding hydrogens is 176 g/mol. The van der Waals surface area contributed by atoms with Crippen molar-refractivity contribution < 1.29 is 5.11 Å². The highest BCUT2D eigenvalue weighted by Gasteiger charge is 1.91. The number of pyridine rings is 1. The van der Waals surface area contributed by atoms with E-state index < -0.39 is 0 Å². The molecule has 0 saturated carbocycles. The second-order valence-electron chi connectivity index (χ2n) is 3.29. The molecule has 0 aliphatic rings. The highest BCUT2D eigenvalue weighted by atomic mass is 16.2. The maximum atomic E-state index is 8.56. The second-order valence-corrected chi connectivity index (χ2v) is 3.29. The van der Waals surface area contributed by atoms with Gasteiger partial charge in [0.25, 0.3) is 0 Å². The van der Waals surface area contributed by atoms with E-state index in [1.165, 1.54) is 5.56 Å². The van der Waals surface area contributed by atoms with E-state index in [0.717, 1.165) is 32.4 Å². The van der Waals surface area contributed by atoms with E-state index in [1.807, 2.05) is 12.3 Å². The summed E-state index contributed by atoms with van der Waals surface area (Å²) in [5.41, 5.74) is 1.27. The zero-order chi connectivity index (χ0) is 10.1. The molecule has 3 nitrogen and oxygen atoms in total. The molecule has 0 bridgehead atoms. The van der Waals surface area contributed by atoms with Gasteiger partial charge in [0.05, 0.1) is 0 Å². The maximum absolute atomic E-state index is 8.56. The number of hydrogen-bond acceptors (Lipinski definition) is 3. The third-order valence-corrected chi connectivity index (χ3v) is 2.07. The van der Waals surface area contributed by atoms with Gasteiger partial charge in [-0.1, -0.05) is 6.07 Å². The van der Waals surface area contributed by atoms with Crippen LogP contribution in [0.5, 0.6) is 0 Å². The fourth-order valence-corrected chi connectivity index (χ4v) is 1.27. The molecule has 0 spiro atoms. The standard InChI is InChI=1S/C11H18N2O/c14-9-2-1-6-12-8-5-11-4-3-7-13-10-11/h3-4,7,10,12,14H,1-2,5-6,8-9H2. The molecule has 0 fully saturated rings. The molecule has 1 aromatic rings. The average molecular weight is 194 g/mol. The molecular formula is C11H18N2O. The lowest BCUT2D eigenvalue weighted by Crippen LogP contribution is -2.18. The Balaban J connectivity index is 1.99. The van der Waals surface area contributed by atoms with Crippen LogP contribution in [0.4, 0.5) is 0 Å². The molecule has 3 heteroatoms. The Labute approximate surface area is 85.2 Å². The van der Waals surface area contributed by atoms with Crippen LogP contribution in [0.3, 0.4) is 0 Å². The first kappa shape index (κ1) is 11.1. The summed E-state index contributed by atoms with van der Waals surface area (Å²) in [7, 11) is 0. The molecule has 0 aliphatic heterocycles. The number of rotatable bonds is 7. The number of nitrogens with one attached hydrogen (secondary N) is 1. The predicted molar refractivity (Wildman–Crippen MR) is 57.1 cm³/mol. The quantitative estimate of drug-likeness (QED) is 0.636. The average Bonchev–Trinajstić information content (AvgIpc) is 2.25. The van der Waals surface area contributed by atoms with Crippen molar-refractivity contribution in [1.29, 1.82) is 0 Å². The molecule has 1 aromatic heterocycles. The minimum atomic E-state index is 0.296. The largest absolute Gasteiger partial charge is 0.396 e. The van der Waals surface area contributed by atoms with Gasteiger partial charge in [0, 0.05) is 19.0 Å². The summed E-state index contributed by atoms with van der Waals surface area (Å²) in [6, 6.07) is 4.05. The third-order valence-electron chi connectivity index (χ3n) is 2.07. The number of hydrogen-bond donors (Lipinski definition) is 2. The van der Waals surface area contributed by atoms with Crippen LogP contribution < -0.4 is 5.32 Å². The Morgan fingerprint density at radius 2 is 2.21 bits per heavy atom. The molecule has 1 rings (SSSR count). The zero-order valence-electron chi connectivity index (χ0n) is 8.45. The van der Waals surface area contributed by atoms with Gasteiger partial charge in [-0.05, 0) is 44.0 Å². The first-order valence-electron chi connectivity index (χ1n) is 5.14. The van der Waals surface area contributed by atoms with E-state index >= 15 is 0 Å². The summed E-state index contributed by atoms with van der Waals surface area (Å²) >= 11 is 0. The molecule has 0 aromatic carbocycles. The normalized spacial score (nSPS) is 10.4. The van der Waals surface area contributed by atoms with Crippen LogP contribution in [0.1, 0.15) is 18.4 Å². The van der Waals surface area contributed by atoms with Crippen LogP contribution >= 0.6 is 0 Å². The van der Waals surface area contributed by atoms with Crippen LogP contribution in [-0.4, -0.2) is 29.8 Å². The van der Waals surface area contributed by atoms with Crippen LogP contribution in [0.2, 0.25) is 0 Å². The summed E-state index contributed by atoms with van der Waals surface area (Å²) < 4.78 is 0. The van der Waals surface area contributed by atoms with Crippen molar-refractivity contribution in [2.24, 2.45) is 0 Å². The molecule has 0 unspecified atom stereocenters. The van der Waals surface area contributed by atoms with E-state index in [2.05, 4.69) is 16.4 Å². The smallest absolute Gasteiger partial charge is 0.0431 e. The van der Waals surface area contributed by atoms with Gasteiger partial charge in [0.15, 0.2) is 0 Å². The highest BCUT2D eigenvalue weighted by molar-refractivity contribution is 5.08. The van der Waals surface area contributed by atoms with Crippen molar-refractivity contribution in [3.8, 4) is 0 Å². The summed E-state index contributed by atoms with van der Waals surface area (Å²) in [5, 5.41) is 11.9. The van der Waals surface area contributed by atoms with Crippen molar-refractivity contribution in [3.05, 3.63) is 30.1 Å². The number of aromatic nitrogens is 1. The minimum absolute atomic E-state index is 0.296. The lowest BCUT2D eigenvalue weighted by Gasteiger charge is -2.03. The van der Waals surface area contributed by atoms with E-state index in [4.69, 9.17) is 5.11 Å². The zero-order valence-corrected chi connectivity index (χ0v) is 8.45. The van der Waals surface area contributed by atoms with Gasteiger partial charge in [-0.2, -0.15) is 0 Å². The topological polar surface area (TPSA) is 45.1 Å². The lowest BCUT2D eigenvalue weighted by molar-refractivity contribution is 0.284. The van der Waals surface area contributed by atoms with Gasteiger partial charge in [0.1, 0.15) is 0 Å². The van der Waals surface area contributed by atoms with Gasteiger partial charge in [-0.15, -0.1) is 0 Å². The highest BCUT2D eigenvalue weighted by Crippen LogP contribution is 1.95. The summed E-state index contributed by atoms with van der Waals surface area (Å²) in [4.78, 5) is 4.05. The summed E-state index contributed by atoms with van der Waals surface area (Å²) in [6.45, 7) is 2.27. The molecule has 0 radical (unpaired) electrons. The van der Waals surface area contributed by atoms with Gasteiger partial charge >= 0.3 is 0 Å². The second kappa shape index (κ2) is 7.47. The fraction of sp³-hybridized carbons (Fsp3) is 0.545. The number of unbranched alkanes of at least 4 members (excludes halogenated alkanes) is 1. The molecule has 14 heavy (non-hydrogen) atoms. The van der Waals surface area contributed by atoms with Crippen molar-refractivity contribution >= 4 is 0 Å². The summed E-state index contributed by atoms with van der Waals surface area (Å²) in [5.74, 6) is 0. The predicted octanol–water partition coefficient (Wildman–Crippen LogP) is 0.986. The molecule has 0 atom stereocenters. The molecule has 0 amide bonds. The number of nitrogens with zero attached hydrogens (tertiary/aromatic N) is 1. The van der Waals surface area contributed by atoms with Gasteiger partial charge in [-0.25, -0.2) is 0 Å². The number of aliphatic hydroxyl groups is 1. The van der Waals surface area contributed by atoms with Gasteiger partial charge in [-0.3, -0.25) is 4.98 Å². The van der Waals surface area contributed by atoms with Crippen LogP contribution in [0, 0.1) is 0 Å². The molecule has 1 heterocycles. The van der Waals surface area contributed by atoms with Crippen LogP contribution in [0.25, 0.3) is 0 Å².